The molecule has 2 aromatic heterocycles. The van der Waals surface area contributed by atoms with Crippen LogP contribution in [0.3, 0.4) is 0 Å². The van der Waals surface area contributed by atoms with Gasteiger partial charge in [-0.2, -0.15) is 0 Å². The first-order valence-electron chi connectivity index (χ1n) is 10.5. The van der Waals surface area contributed by atoms with Crippen molar-refractivity contribution >= 4 is 63.8 Å². The van der Waals surface area contributed by atoms with Gasteiger partial charge in [0.2, 0.25) is 0 Å². The lowest BCUT2D eigenvalue weighted by Gasteiger charge is -2.11. The van der Waals surface area contributed by atoms with Gasteiger partial charge in [0.25, 0.3) is 0 Å². The maximum Gasteiger partial charge on any atom is 0.0780 e. The van der Waals surface area contributed by atoms with Crippen molar-refractivity contribution in [3.8, 4) is 11.3 Å². The summed E-state index contributed by atoms with van der Waals surface area (Å²) < 4.78 is 2.64. The number of fused-ring (bicyclic) bond motifs is 8. The van der Waals surface area contributed by atoms with Crippen LogP contribution in [0.4, 0.5) is 0 Å². The van der Waals surface area contributed by atoms with E-state index in [1.165, 1.54) is 58.1 Å². The topological polar surface area (TPSA) is 12.9 Å². The summed E-state index contributed by atoms with van der Waals surface area (Å²) in [6, 6.07) is 35.1. The average molecular weight is 412 g/mol. The van der Waals surface area contributed by atoms with E-state index in [2.05, 4.69) is 97.1 Å². The molecule has 0 atom stereocenters. The normalized spacial score (nSPS) is 11.9. The van der Waals surface area contributed by atoms with Crippen LogP contribution in [0.25, 0.3) is 63.7 Å². The number of benzene rings is 5. The third-order valence-electron chi connectivity index (χ3n) is 6.32. The highest BCUT2D eigenvalue weighted by molar-refractivity contribution is 7.25. The van der Waals surface area contributed by atoms with Gasteiger partial charge >= 0.3 is 0 Å². The fraction of sp³-hybridized carbons (Fsp3) is 0. The molecule has 5 aromatic carbocycles. The molecule has 0 radical (unpaired) electrons. The lowest BCUT2D eigenvalue weighted by molar-refractivity contribution is 1.36. The van der Waals surface area contributed by atoms with E-state index >= 15 is 0 Å². The van der Waals surface area contributed by atoms with Crippen LogP contribution >= 0.6 is 11.3 Å². The van der Waals surface area contributed by atoms with Gasteiger partial charge in [0, 0.05) is 37.3 Å². The Hall–Kier alpha value is -3.75. The van der Waals surface area contributed by atoms with Crippen LogP contribution in [0.2, 0.25) is 0 Å². The van der Waals surface area contributed by atoms with Crippen LogP contribution in [0.15, 0.2) is 103 Å². The van der Waals surface area contributed by atoms with E-state index in [1.807, 2.05) is 17.5 Å². The number of rotatable bonds is 1. The summed E-state index contributed by atoms with van der Waals surface area (Å²) in [5.74, 6) is 0. The largest absolute Gasteiger partial charge is 0.256 e. The van der Waals surface area contributed by atoms with Gasteiger partial charge in [-0.05, 0) is 45.1 Å². The Kier molecular flexibility index (Phi) is 3.49. The first-order valence-corrected chi connectivity index (χ1v) is 11.3. The van der Waals surface area contributed by atoms with Gasteiger partial charge in [-0.25, -0.2) is 0 Å². The van der Waals surface area contributed by atoms with Gasteiger partial charge < -0.3 is 0 Å². The first kappa shape index (κ1) is 17.0. The summed E-state index contributed by atoms with van der Waals surface area (Å²) in [4.78, 5) is 4.81. The number of nitrogens with zero attached hydrogens (tertiary/aromatic N) is 1. The summed E-state index contributed by atoms with van der Waals surface area (Å²) in [5.41, 5.74) is 2.22. The lowest BCUT2D eigenvalue weighted by atomic mass is 9.95. The first-order chi connectivity index (χ1) is 15.4. The molecular formula is C29H17NS. The van der Waals surface area contributed by atoms with Crippen LogP contribution in [-0.2, 0) is 0 Å². The third kappa shape index (κ3) is 2.46. The standard InChI is InChI=1S/C29H17NS/c1-2-6-20-18(5-1)9-11-22-21(20)13-14-26-23(22)15-16-30-29(26)19-10-12-25-24-7-3-4-8-27(24)31-28(25)17-19/h1-17H. The van der Waals surface area contributed by atoms with Gasteiger partial charge in [-0.1, -0.05) is 78.9 Å². The Morgan fingerprint density at radius 2 is 1.16 bits per heavy atom. The van der Waals surface area contributed by atoms with Crippen molar-refractivity contribution in [2.24, 2.45) is 0 Å². The molecule has 0 saturated carbocycles. The van der Waals surface area contributed by atoms with Crippen molar-refractivity contribution in [3.05, 3.63) is 103 Å². The molecule has 0 spiro atoms. The van der Waals surface area contributed by atoms with Crippen molar-refractivity contribution in [2.45, 2.75) is 0 Å². The zero-order valence-electron chi connectivity index (χ0n) is 16.7. The van der Waals surface area contributed by atoms with E-state index in [9.17, 15) is 0 Å². The average Bonchev–Trinajstić information content (AvgIpc) is 3.21. The third-order valence-corrected chi connectivity index (χ3v) is 7.45. The number of pyridine rings is 1. The molecule has 0 aliphatic heterocycles. The van der Waals surface area contributed by atoms with Crippen LogP contribution in [0, 0.1) is 0 Å². The second-order valence-corrected chi connectivity index (χ2v) is 9.09. The van der Waals surface area contributed by atoms with Crippen LogP contribution in [0.1, 0.15) is 0 Å². The molecule has 0 bridgehead atoms. The molecule has 7 rings (SSSR count). The summed E-state index contributed by atoms with van der Waals surface area (Å²) in [5, 5.41) is 10.3. The number of hydrogen-bond donors (Lipinski definition) is 0. The summed E-state index contributed by atoms with van der Waals surface area (Å²) >= 11 is 1.85. The second-order valence-electron chi connectivity index (χ2n) is 8.01. The molecule has 1 nitrogen and oxygen atoms in total. The Labute approximate surface area is 183 Å². The Morgan fingerprint density at radius 1 is 0.484 bits per heavy atom. The highest BCUT2D eigenvalue weighted by atomic mass is 32.1. The van der Waals surface area contributed by atoms with Gasteiger partial charge in [0.15, 0.2) is 0 Å². The van der Waals surface area contributed by atoms with Crippen molar-refractivity contribution < 1.29 is 0 Å². The van der Waals surface area contributed by atoms with Crippen molar-refractivity contribution in [1.82, 2.24) is 4.98 Å². The predicted octanol–water partition coefficient (Wildman–Crippen LogP) is 8.58. The Bertz CT molecular complexity index is 1790. The Morgan fingerprint density at radius 3 is 2.13 bits per heavy atom. The van der Waals surface area contributed by atoms with Crippen molar-refractivity contribution in [2.75, 3.05) is 0 Å². The zero-order chi connectivity index (χ0) is 20.4. The van der Waals surface area contributed by atoms with E-state index in [-0.39, 0.29) is 0 Å². The molecule has 2 heteroatoms. The van der Waals surface area contributed by atoms with Gasteiger partial charge in [-0.3, -0.25) is 4.98 Å². The second kappa shape index (κ2) is 6.37. The summed E-state index contributed by atoms with van der Waals surface area (Å²) in [6.07, 6.45) is 1.95. The fourth-order valence-corrected chi connectivity index (χ4v) is 6.00. The quantitative estimate of drug-likeness (QED) is 0.247. The van der Waals surface area contributed by atoms with E-state index in [0.29, 0.717) is 0 Å². The van der Waals surface area contributed by atoms with E-state index < -0.39 is 0 Å². The van der Waals surface area contributed by atoms with E-state index in [1.54, 1.807) is 0 Å². The molecule has 0 saturated heterocycles. The molecule has 144 valence electrons. The van der Waals surface area contributed by atoms with Crippen LogP contribution in [0.5, 0.6) is 0 Å². The molecule has 0 aliphatic carbocycles. The predicted molar refractivity (Wildman–Crippen MR) is 135 cm³/mol. The van der Waals surface area contributed by atoms with E-state index in [4.69, 9.17) is 4.98 Å². The minimum absolute atomic E-state index is 1.05. The molecule has 0 fully saturated rings. The number of hydrogen-bond acceptors (Lipinski definition) is 2. The summed E-state index contributed by atoms with van der Waals surface area (Å²) in [6.45, 7) is 0. The zero-order valence-corrected chi connectivity index (χ0v) is 17.5. The highest BCUT2D eigenvalue weighted by Crippen LogP contribution is 2.38. The highest BCUT2D eigenvalue weighted by Gasteiger charge is 2.12. The molecular weight excluding hydrogens is 394 g/mol. The lowest BCUT2D eigenvalue weighted by Crippen LogP contribution is -1.87. The summed E-state index contributed by atoms with van der Waals surface area (Å²) in [7, 11) is 0. The molecule has 0 aliphatic rings. The van der Waals surface area contributed by atoms with Crippen LogP contribution < -0.4 is 0 Å². The van der Waals surface area contributed by atoms with Gasteiger partial charge in [0.1, 0.15) is 0 Å². The molecule has 7 aromatic rings. The molecule has 2 heterocycles. The van der Waals surface area contributed by atoms with Crippen molar-refractivity contribution in [1.29, 1.82) is 0 Å². The molecule has 0 N–H and O–H groups in total. The number of thiophene rings is 1. The van der Waals surface area contributed by atoms with E-state index in [0.717, 1.165) is 5.69 Å². The Balaban J connectivity index is 1.51. The minimum atomic E-state index is 1.05. The smallest absolute Gasteiger partial charge is 0.0780 e. The van der Waals surface area contributed by atoms with Gasteiger partial charge in [0.05, 0.1) is 5.69 Å². The van der Waals surface area contributed by atoms with Gasteiger partial charge in [-0.15, -0.1) is 11.3 Å². The number of aromatic nitrogens is 1. The molecule has 31 heavy (non-hydrogen) atoms. The minimum Gasteiger partial charge on any atom is -0.256 e. The van der Waals surface area contributed by atoms with Crippen LogP contribution in [-0.4, -0.2) is 4.98 Å². The molecule has 0 amide bonds. The van der Waals surface area contributed by atoms with Crippen molar-refractivity contribution in [3.63, 3.8) is 0 Å². The maximum absolute atomic E-state index is 4.81. The SMILES string of the molecule is c1ccc2c(c1)ccc1c3ccnc(-c4ccc5c(c4)sc4ccccc45)c3ccc21. The maximum atomic E-state index is 4.81. The fourth-order valence-electron chi connectivity index (χ4n) is 4.86. The molecule has 0 unspecified atom stereocenters. The monoisotopic (exact) mass is 411 g/mol.